The molecule has 0 atom stereocenters. The maximum atomic E-state index is 4.23. The second-order valence-electron chi connectivity index (χ2n) is 4.03. The molecule has 4 nitrogen and oxygen atoms in total. The molecule has 0 aliphatic carbocycles. The molecule has 2 aromatic rings. The van der Waals surface area contributed by atoms with Gasteiger partial charge in [-0.05, 0) is 20.8 Å². The van der Waals surface area contributed by atoms with Gasteiger partial charge in [-0.25, -0.2) is 4.98 Å². The molecule has 2 rings (SSSR count). The fourth-order valence-corrected chi connectivity index (χ4v) is 1.82. The van der Waals surface area contributed by atoms with Gasteiger partial charge in [0.25, 0.3) is 0 Å². The van der Waals surface area contributed by atoms with Crippen LogP contribution in [0.1, 0.15) is 20.8 Å². The summed E-state index contributed by atoms with van der Waals surface area (Å²) in [4.78, 5) is 4.23. The first-order valence-electron chi connectivity index (χ1n) is 4.39. The summed E-state index contributed by atoms with van der Waals surface area (Å²) in [6.45, 7) is 6.36. The molecule has 0 bridgehead atoms. The molecule has 0 aliphatic heterocycles. The van der Waals surface area contributed by atoms with Crippen molar-refractivity contribution in [3.8, 4) is 10.8 Å². The van der Waals surface area contributed by atoms with Gasteiger partial charge in [0.15, 0.2) is 10.8 Å². The van der Waals surface area contributed by atoms with Crippen molar-refractivity contribution in [1.82, 2.24) is 19.7 Å². The summed E-state index contributed by atoms with van der Waals surface area (Å²) in [7, 11) is 0. The maximum Gasteiger partial charge on any atom is 0.193 e. The van der Waals surface area contributed by atoms with E-state index in [1.54, 1.807) is 23.9 Å². The van der Waals surface area contributed by atoms with Gasteiger partial charge < -0.3 is 4.57 Å². The lowest BCUT2D eigenvalue weighted by Crippen LogP contribution is -2.21. The maximum absolute atomic E-state index is 4.23. The van der Waals surface area contributed by atoms with E-state index in [4.69, 9.17) is 0 Å². The van der Waals surface area contributed by atoms with Crippen LogP contribution in [0.4, 0.5) is 0 Å². The van der Waals surface area contributed by atoms with Crippen LogP contribution in [0.3, 0.4) is 0 Å². The average Bonchev–Trinajstić information content (AvgIpc) is 2.73. The Balaban J connectivity index is 2.51. The molecule has 0 saturated heterocycles. The second kappa shape index (κ2) is 3.16. The van der Waals surface area contributed by atoms with Gasteiger partial charge in [-0.15, -0.1) is 21.5 Å². The van der Waals surface area contributed by atoms with Crippen molar-refractivity contribution in [2.24, 2.45) is 0 Å². The molecule has 0 fully saturated rings. The minimum atomic E-state index is -0.00942. The van der Waals surface area contributed by atoms with Crippen molar-refractivity contribution in [3.63, 3.8) is 0 Å². The summed E-state index contributed by atoms with van der Waals surface area (Å²) in [5.41, 5.74) is -0.00942. The fraction of sp³-hybridized carbons (Fsp3) is 0.444. The van der Waals surface area contributed by atoms with Crippen molar-refractivity contribution in [2.75, 3.05) is 0 Å². The SMILES string of the molecule is CC(C)(C)n1cnnc1-c1nccs1. The van der Waals surface area contributed by atoms with Crippen LogP contribution in [0.2, 0.25) is 0 Å². The molecule has 0 aromatic carbocycles. The lowest BCUT2D eigenvalue weighted by molar-refractivity contribution is 0.399. The zero-order chi connectivity index (χ0) is 10.2. The van der Waals surface area contributed by atoms with E-state index in [-0.39, 0.29) is 5.54 Å². The molecule has 0 unspecified atom stereocenters. The van der Waals surface area contributed by atoms with E-state index in [1.165, 1.54) is 0 Å². The van der Waals surface area contributed by atoms with E-state index in [2.05, 4.69) is 36.0 Å². The van der Waals surface area contributed by atoms with Gasteiger partial charge in [0.05, 0.1) is 0 Å². The minimum Gasteiger partial charge on any atom is -0.306 e. The van der Waals surface area contributed by atoms with Gasteiger partial charge in [-0.2, -0.15) is 0 Å². The van der Waals surface area contributed by atoms with E-state index < -0.39 is 0 Å². The predicted molar refractivity (Wildman–Crippen MR) is 56.1 cm³/mol. The Hall–Kier alpha value is -1.23. The van der Waals surface area contributed by atoms with Crippen LogP contribution in [0, 0.1) is 0 Å². The van der Waals surface area contributed by atoms with Gasteiger partial charge in [0, 0.05) is 17.1 Å². The Labute approximate surface area is 86.6 Å². The lowest BCUT2D eigenvalue weighted by atomic mass is 10.1. The van der Waals surface area contributed by atoms with Crippen LogP contribution < -0.4 is 0 Å². The standard InChI is InChI=1S/C9H12N4S/c1-9(2,3)13-6-11-12-7(13)8-10-4-5-14-8/h4-6H,1-3H3. The molecule has 0 aliphatic rings. The average molecular weight is 208 g/mol. The highest BCUT2D eigenvalue weighted by atomic mass is 32.1. The third kappa shape index (κ3) is 1.55. The number of aromatic nitrogens is 4. The molecule has 5 heteroatoms. The zero-order valence-electron chi connectivity index (χ0n) is 8.43. The fourth-order valence-electron chi connectivity index (χ4n) is 1.21. The van der Waals surface area contributed by atoms with Crippen LogP contribution in [-0.4, -0.2) is 19.7 Å². The number of nitrogens with zero attached hydrogens (tertiary/aromatic N) is 4. The number of thiazole rings is 1. The second-order valence-corrected chi connectivity index (χ2v) is 4.93. The molecular formula is C9H12N4S. The molecule has 0 amide bonds. The molecule has 0 N–H and O–H groups in total. The predicted octanol–water partition coefficient (Wildman–Crippen LogP) is 2.16. The van der Waals surface area contributed by atoms with Crippen molar-refractivity contribution >= 4 is 11.3 Å². The lowest BCUT2D eigenvalue weighted by Gasteiger charge is -2.21. The van der Waals surface area contributed by atoms with Crippen molar-refractivity contribution in [3.05, 3.63) is 17.9 Å². The van der Waals surface area contributed by atoms with Gasteiger partial charge in [-0.3, -0.25) is 0 Å². The van der Waals surface area contributed by atoms with Crippen molar-refractivity contribution in [2.45, 2.75) is 26.3 Å². The summed E-state index contributed by atoms with van der Waals surface area (Å²) in [6.07, 6.45) is 3.53. The van der Waals surface area contributed by atoms with Crippen LogP contribution in [0.15, 0.2) is 17.9 Å². The number of hydrogen-bond acceptors (Lipinski definition) is 4. The summed E-state index contributed by atoms with van der Waals surface area (Å²) in [5, 5.41) is 10.9. The molecule has 0 spiro atoms. The smallest absolute Gasteiger partial charge is 0.193 e. The Bertz CT molecular complexity index is 410. The first-order valence-corrected chi connectivity index (χ1v) is 5.27. The van der Waals surface area contributed by atoms with E-state index in [1.807, 2.05) is 9.95 Å². The Morgan fingerprint density at radius 2 is 2.14 bits per heavy atom. The molecule has 2 aromatic heterocycles. The van der Waals surface area contributed by atoms with Gasteiger partial charge in [0.1, 0.15) is 6.33 Å². The summed E-state index contributed by atoms with van der Waals surface area (Å²) < 4.78 is 2.03. The van der Waals surface area contributed by atoms with E-state index in [9.17, 15) is 0 Å². The molecule has 0 saturated carbocycles. The van der Waals surface area contributed by atoms with Gasteiger partial charge in [0.2, 0.25) is 0 Å². The van der Waals surface area contributed by atoms with Crippen LogP contribution in [0.25, 0.3) is 10.8 Å². The number of hydrogen-bond donors (Lipinski definition) is 0. The van der Waals surface area contributed by atoms with E-state index >= 15 is 0 Å². The van der Waals surface area contributed by atoms with Crippen LogP contribution in [0.5, 0.6) is 0 Å². The highest BCUT2D eigenvalue weighted by Crippen LogP contribution is 2.24. The highest BCUT2D eigenvalue weighted by Gasteiger charge is 2.19. The summed E-state index contributed by atoms with van der Waals surface area (Å²) in [6, 6.07) is 0. The minimum absolute atomic E-state index is 0.00942. The topological polar surface area (TPSA) is 43.6 Å². The first-order chi connectivity index (χ1) is 6.59. The summed E-state index contributed by atoms with van der Waals surface area (Å²) in [5.74, 6) is 0.840. The Morgan fingerprint density at radius 1 is 1.36 bits per heavy atom. The highest BCUT2D eigenvalue weighted by molar-refractivity contribution is 7.13. The first kappa shape index (κ1) is 9.33. The van der Waals surface area contributed by atoms with E-state index in [0.717, 1.165) is 10.8 Å². The molecular weight excluding hydrogens is 196 g/mol. The number of rotatable bonds is 1. The van der Waals surface area contributed by atoms with E-state index in [0.29, 0.717) is 0 Å². The van der Waals surface area contributed by atoms with Crippen LogP contribution >= 0.6 is 11.3 Å². The monoisotopic (exact) mass is 208 g/mol. The quantitative estimate of drug-likeness (QED) is 0.721. The third-order valence-electron chi connectivity index (χ3n) is 1.89. The van der Waals surface area contributed by atoms with Crippen molar-refractivity contribution < 1.29 is 0 Å². The summed E-state index contributed by atoms with van der Waals surface area (Å²) >= 11 is 1.58. The zero-order valence-corrected chi connectivity index (χ0v) is 9.25. The Kier molecular flexibility index (Phi) is 2.11. The molecule has 14 heavy (non-hydrogen) atoms. The van der Waals surface area contributed by atoms with Gasteiger partial charge >= 0.3 is 0 Å². The normalized spacial score (nSPS) is 11.9. The van der Waals surface area contributed by atoms with Crippen LogP contribution in [-0.2, 0) is 5.54 Å². The Morgan fingerprint density at radius 3 is 2.71 bits per heavy atom. The van der Waals surface area contributed by atoms with Crippen molar-refractivity contribution in [1.29, 1.82) is 0 Å². The molecule has 74 valence electrons. The van der Waals surface area contributed by atoms with Gasteiger partial charge in [-0.1, -0.05) is 0 Å². The largest absolute Gasteiger partial charge is 0.306 e. The molecule has 0 radical (unpaired) electrons. The molecule has 2 heterocycles. The third-order valence-corrected chi connectivity index (χ3v) is 2.66.